The number of thiophene rings is 1. The average molecular weight is 277 g/mol. The second-order valence-electron chi connectivity index (χ2n) is 2.54. The van der Waals surface area contributed by atoms with Gasteiger partial charge in [-0.3, -0.25) is 0 Å². The average Bonchev–Trinajstić information content (AvgIpc) is 2.56. The van der Waals surface area contributed by atoms with Gasteiger partial charge >= 0.3 is 0 Å². The van der Waals surface area contributed by atoms with Crippen LogP contribution in [-0.2, 0) is 0 Å². The van der Waals surface area contributed by atoms with Crippen LogP contribution < -0.4 is 0 Å². The van der Waals surface area contributed by atoms with Gasteiger partial charge < -0.3 is 0 Å². The molecule has 0 amide bonds. The minimum Gasteiger partial charge on any atom is -0.205 e. The van der Waals surface area contributed by atoms with Gasteiger partial charge in [0.25, 0.3) is 0 Å². The van der Waals surface area contributed by atoms with Crippen molar-refractivity contribution in [3.8, 4) is 0 Å². The first kappa shape index (κ1) is 9.49. The van der Waals surface area contributed by atoms with Gasteiger partial charge in [0.05, 0.1) is 8.91 Å². The zero-order valence-corrected chi connectivity index (χ0v) is 10.0. The maximum Gasteiger partial charge on any atom is 0.141 e. The number of fused-ring (bicyclic) bond motifs is 1. The molecule has 1 heterocycles. The summed E-state index contributed by atoms with van der Waals surface area (Å²) in [7, 11) is 0. The molecule has 0 aliphatic rings. The second kappa shape index (κ2) is 3.59. The van der Waals surface area contributed by atoms with E-state index in [1.807, 2.05) is 12.3 Å². The lowest BCUT2D eigenvalue weighted by Crippen LogP contribution is -1.72. The highest BCUT2D eigenvalue weighted by Gasteiger charge is 2.08. The monoisotopic (exact) mass is 276 g/mol. The number of benzene rings is 1. The van der Waals surface area contributed by atoms with Crippen LogP contribution >= 0.6 is 39.0 Å². The molecule has 1 aromatic carbocycles. The van der Waals surface area contributed by atoms with Crippen molar-refractivity contribution < 1.29 is 4.39 Å². The van der Waals surface area contributed by atoms with Gasteiger partial charge in [0.15, 0.2) is 0 Å². The van der Waals surface area contributed by atoms with E-state index in [2.05, 4.69) is 15.9 Å². The Balaban J connectivity index is 2.80. The molecular formula is C9H6BrFS2. The third-order valence-electron chi connectivity index (χ3n) is 1.76. The van der Waals surface area contributed by atoms with Gasteiger partial charge in [0, 0.05) is 9.86 Å². The lowest BCUT2D eigenvalue weighted by atomic mass is 10.2. The molecule has 13 heavy (non-hydrogen) atoms. The van der Waals surface area contributed by atoms with E-state index >= 15 is 0 Å². The first-order chi connectivity index (χ1) is 6.22. The van der Waals surface area contributed by atoms with Crippen LogP contribution in [0, 0.1) is 5.82 Å². The first-order valence-corrected chi connectivity index (χ1v) is 6.47. The van der Waals surface area contributed by atoms with Crippen molar-refractivity contribution in [2.75, 3.05) is 6.26 Å². The van der Waals surface area contributed by atoms with Gasteiger partial charge in [0.1, 0.15) is 5.82 Å². The predicted octanol–water partition coefficient (Wildman–Crippen LogP) is 4.52. The Kier molecular flexibility index (Phi) is 2.62. The molecule has 0 saturated heterocycles. The molecule has 1 aromatic heterocycles. The van der Waals surface area contributed by atoms with Crippen molar-refractivity contribution in [2.45, 2.75) is 4.21 Å². The van der Waals surface area contributed by atoms with E-state index < -0.39 is 0 Å². The Bertz CT molecular complexity index is 411. The molecule has 4 heteroatoms. The Morgan fingerprint density at radius 3 is 2.85 bits per heavy atom. The molecule has 0 atom stereocenters. The van der Waals surface area contributed by atoms with Crippen molar-refractivity contribution in [3.05, 3.63) is 28.5 Å². The second-order valence-corrected chi connectivity index (χ2v) is 5.55. The van der Waals surface area contributed by atoms with Crippen molar-refractivity contribution in [2.24, 2.45) is 0 Å². The van der Waals surface area contributed by atoms with Crippen LogP contribution in [0.4, 0.5) is 4.39 Å². The van der Waals surface area contributed by atoms with E-state index in [1.54, 1.807) is 17.8 Å². The number of hydrogen-bond donors (Lipinski definition) is 0. The van der Waals surface area contributed by atoms with Crippen LogP contribution in [0.5, 0.6) is 0 Å². The van der Waals surface area contributed by atoms with E-state index in [-0.39, 0.29) is 5.82 Å². The van der Waals surface area contributed by atoms with Crippen LogP contribution in [0.1, 0.15) is 0 Å². The lowest BCUT2D eigenvalue weighted by Gasteiger charge is -1.93. The van der Waals surface area contributed by atoms with Crippen molar-refractivity contribution in [3.63, 3.8) is 0 Å². The van der Waals surface area contributed by atoms with Gasteiger partial charge in [-0.05, 0) is 24.5 Å². The molecule has 0 fully saturated rings. The van der Waals surface area contributed by atoms with Gasteiger partial charge in [-0.15, -0.1) is 23.1 Å². The van der Waals surface area contributed by atoms with Crippen LogP contribution in [0.3, 0.4) is 0 Å². The molecule has 68 valence electrons. The van der Waals surface area contributed by atoms with E-state index in [4.69, 9.17) is 0 Å². The molecule has 0 N–H and O–H groups in total. The van der Waals surface area contributed by atoms with E-state index in [0.717, 1.165) is 18.8 Å². The minimum atomic E-state index is -0.136. The SMILES string of the molecule is CSc1cc2c(Br)ccc(F)c2s1. The molecular weight excluding hydrogens is 271 g/mol. The standard InChI is InChI=1S/C9H6BrFS2/c1-12-8-4-5-6(10)2-3-7(11)9(5)13-8/h2-4H,1H3. The van der Waals surface area contributed by atoms with Crippen molar-refractivity contribution in [1.82, 2.24) is 0 Å². The molecule has 0 aliphatic heterocycles. The fraction of sp³-hybridized carbons (Fsp3) is 0.111. The zero-order chi connectivity index (χ0) is 9.42. The van der Waals surface area contributed by atoms with Crippen LogP contribution in [0.2, 0.25) is 0 Å². The zero-order valence-electron chi connectivity index (χ0n) is 6.80. The maximum absolute atomic E-state index is 13.3. The Morgan fingerprint density at radius 1 is 1.46 bits per heavy atom. The normalized spacial score (nSPS) is 11.0. The lowest BCUT2D eigenvalue weighted by molar-refractivity contribution is 0.641. The van der Waals surface area contributed by atoms with Crippen molar-refractivity contribution >= 4 is 49.1 Å². The van der Waals surface area contributed by atoms with E-state index in [9.17, 15) is 4.39 Å². The summed E-state index contributed by atoms with van der Waals surface area (Å²) in [6.07, 6.45) is 2.00. The third-order valence-corrected chi connectivity index (χ3v) is 4.66. The molecule has 0 saturated carbocycles. The summed E-state index contributed by atoms with van der Waals surface area (Å²) in [6.45, 7) is 0. The first-order valence-electron chi connectivity index (χ1n) is 3.64. The molecule has 0 radical (unpaired) electrons. The van der Waals surface area contributed by atoms with Gasteiger partial charge in [-0.25, -0.2) is 4.39 Å². The number of rotatable bonds is 1. The van der Waals surface area contributed by atoms with Crippen LogP contribution in [-0.4, -0.2) is 6.26 Å². The fourth-order valence-corrected chi connectivity index (χ4v) is 3.35. The molecule has 0 bridgehead atoms. The fourth-order valence-electron chi connectivity index (χ4n) is 1.14. The molecule has 0 aliphatic carbocycles. The van der Waals surface area contributed by atoms with Gasteiger partial charge in [-0.1, -0.05) is 15.9 Å². The molecule has 0 nitrogen and oxygen atoms in total. The minimum absolute atomic E-state index is 0.136. The van der Waals surface area contributed by atoms with E-state index in [0.29, 0.717) is 0 Å². The number of halogens is 2. The topological polar surface area (TPSA) is 0 Å². The van der Waals surface area contributed by atoms with Gasteiger partial charge in [-0.2, -0.15) is 0 Å². The highest BCUT2D eigenvalue weighted by molar-refractivity contribution is 9.10. The molecule has 2 aromatic rings. The predicted molar refractivity (Wildman–Crippen MR) is 61.3 cm³/mol. The maximum atomic E-state index is 13.3. The van der Waals surface area contributed by atoms with Crippen LogP contribution in [0.25, 0.3) is 10.1 Å². The highest BCUT2D eigenvalue weighted by Crippen LogP contribution is 2.36. The van der Waals surface area contributed by atoms with Crippen molar-refractivity contribution in [1.29, 1.82) is 0 Å². The quantitative estimate of drug-likeness (QED) is 0.690. The molecule has 0 spiro atoms. The number of thioether (sulfide) groups is 1. The molecule has 2 rings (SSSR count). The van der Waals surface area contributed by atoms with E-state index in [1.165, 1.54) is 17.4 Å². The van der Waals surface area contributed by atoms with Gasteiger partial charge in [0.2, 0.25) is 0 Å². The van der Waals surface area contributed by atoms with Crippen LogP contribution in [0.15, 0.2) is 26.9 Å². The summed E-state index contributed by atoms with van der Waals surface area (Å²) in [5, 5.41) is 0.967. The summed E-state index contributed by atoms with van der Waals surface area (Å²) >= 11 is 6.54. The summed E-state index contributed by atoms with van der Waals surface area (Å²) in [5.74, 6) is -0.136. The largest absolute Gasteiger partial charge is 0.205 e. The third kappa shape index (κ3) is 1.63. The smallest absolute Gasteiger partial charge is 0.141 e. The summed E-state index contributed by atoms with van der Waals surface area (Å²) in [5.41, 5.74) is 0. The summed E-state index contributed by atoms with van der Waals surface area (Å²) < 4.78 is 16.1. The Hall–Kier alpha value is -0.0600. The number of hydrogen-bond acceptors (Lipinski definition) is 2. The molecule has 0 unspecified atom stereocenters. The Labute approximate surface area is 92.3 Å². The summed E-state index contributed by atoms with van der Waals surface area (Å²) in [6, 6.07) is 5.25. The highest BCUT2D eigenvalue weighted by atomic mass is 79.9. The Morgan fingerprint density at radius 2 is 2.23 bits per heavy atom. The summed E-state index contributed by atoms with van der Waals surface area (Å²) in [4.78, 5) is 0.